The number of benzene rings is 2. The fraction of sp³-hybridized carbons (Fsp3) is 0.286. The number of ether oxygens (including phenoxy) is 2. The molecule has 1 aliphatic carbocycles. The molecule has 0 fully saturated rings. The number of nitrogens with zero attached hydrogens (tertiary/aromatic N) is 2. The molecule has 0 aliphatic heterocycles. The van der Waals surface area contributed by atoms with Crippen LogP contribution in [0, 0.1) is 11.3 Å². The summed E-state index contributed by atoms with van der Waals surface area (Å²) in [7, 11) is 0. The van der Waals surface area contributed by atoms with Crippen molar-refractivity contribution in [1.29, 1.82) is 5.26 Å². The van der Waals surface area contributed by atoms with Crippen molar-refractivity contribution < 1.29 is 19.1 Å². The predicted octanol–water partition coefficient (Wildman–Crippen LogP) is 4.74. The predicted molar refractivity (Wildman–Crippen MR) is 130 cm³/mol. The molecule has 0 saturated carbocycles. The van der Waals surface area contributed by atoms with E-state index in [9.17, 15) is 9.59 Å². The van der Waals surface area contributed by atoms with E-state index >= 15 is 0 Å². The molecule has 2 aromatic carbocycles. The number of fused-ring (bicyclic) bond motifs is 3. The van der Waals surface area contributed by atoms with Crippen LogP contribution in [0.25, 0.3) is 11.1 Å². The van der Waals surface area contributed by atoms with Gasteiger partial charge in [0.2, 0.25) is 0 Å². The minimum absolute atomic E-state index is 0.0641. The van der Waals surface area contributed by atoms with Gasteiger partial charge in [0.05, 0.1) is 11.6 Å². The van der Waals surface area contributed by atoms with E-state index in [4.69, 9.17) is 14.7 Å². The Morgan fingerprint density at radius 3 is 2.29 bits per heavy atom. The molecule has 1 amide bonds. The number of aromatic nitrogens is 1. The second-order valence-electron chi connectivity index (χ2n) is 9.41. The van der Waals surface area contributed by atoms with E-state index in [0.29, 0.717) is 11.3 Å². The van der Waals surface area contributed by atoms with Gasteiger partial charge in [-0.2, -0.15) is 5.26 Å². The molecular weight excluding hydrogens is 442 g/mol. The number of pyridine rings is 1. The van der Waals surface area contributed by atoms with Crippen molar-refractivity contribution in [3.8, 4) is 17.2 Å². The van der Waals surface area contributed by atoms with Crippen LogP contribution in [0.2, 0.25) is 0 Å². The number of carbonyl (C=O) groups is 2. The van der Waals surface area contributed by atoms with Crippen LogP contribution in [0.1, 0.15) is 49.1 Å². The fourth-order valence-electron chi connectivity index (χ4n) is 4.22. The van der Waals surface area contributed by atoms with Crippen LogP contribution in [0.15, 0.2) is 66.9 Å². The number of hydrogen-bond acceptors (Lipinski definition) is 6. The van der Waals surface area contributed by atoms with Gasteiger partial charge in [-0.05, 0) is 55.2 Å². The van der Waals surface area contributed by atoms with Crippen LogP contribution >= 0.6 is 0 Å². The molecule has 1 N–H and O–H groups in total. The quantitative estimate of drug-likeness (QED) is 0.523. The third-order valence-corrected chi connectivity index (χ3v) is 5.69. The highest BCUT2D eigenvalue weighted by molar-refractivity contribution is 5.82. The molecule has 7 heteroatoms. The van der Waals surface area contributed by atoms with Crippen molar-refractivity contribution in [2.45, 2.75) is 44.8 Å². The van der Waals surface area contributed by atoms with Crippen LogP contribution in [0.4, 0.5) is 4.79 Å². The lowest BCUT2D eigenvalue weighted by molar-refractivity contribution is -0.157. The zero-order valence-electron chi connectivity index (χ0n) is 19.9. The largest absolute Gasteiger partial charge is 0.458 e. The molecule has 1 atom stereocenters. The van der Waals surface area contributed by atoms with Crippen molar-refractivity contribution >= 4 is 12.1 Å². The summed E-state index contributed by atoms with van der Waals surface area (Å²) < 4.78 is 11.1. The second-order valence-corrected chi connectivity index (χ2v) is 9.41. The fourth-order valence-corrected chi connectivity index (χ4v) is 4.22. The van der Waals surface area contributed by atoms with Crippen molar-refractivity contribution in [2.24, 2.45) is 0 Å². The van der Waals surface area contributed by atoms with Crippen molar-refractivity contribution in [2.75, 3.05) is 6.61 Å². The van der Waals surface area contributed by atoms with E-state index in [-0.39, 0.29) is 18.9 Å². The van der Waals surface area contributed by atoms with E-state index in [1.54, 1.807) is 32.9 Å². The molecule has 1 aliphatic rings. The number of carbonyl (C=O) groups excluding carboxylic acids is 2. The number of alkyl carbamates (subject to hydrolysis) is 1. The van der Waals surface area contributed by atoms with Gasteiger partial charge in [-0.25, -0.2) is 9.59 Å². The van der Waals surface area contributed by atoms with Crippen LogP contribution in [-0.4, -0.2) is 35.3 Å². The van der Waals surface area contributed by atoms with Gasteiger partial charge in [0.1, 0.15) is 18.2 Å². The van der Waals surface area contributed by atoms with Gasteiger partial charge in [0, 0.05) is 24.2 Å². The molecule has 35 heavy (non-hydrogen) atoms. The molecule has 178 valence electrons. The first kappa shape index (κ1) is 24.0. The summed E-state index contributed by atoms with van der Waals surface area (Å²) >= 11 is 0. The maximum absolute atomic E-state index is 12.9. The standard InChI is InChI=1S/C28H27N3O4/c1-28(2,3)35-26(32)25(15-19-14-18(16-29)12-13-30-19)31-27(33)34-17-24-22-10-6-4-8-20(22)21-9-5-7-11-23(21)24/h4-14,24-25H,15,17H2,1-3H3,(H,31,33)/t25-/m0/s1. The highest BCUT2D eigenvalue weighted by atomic mass is 16.6. The van der Waals surface area contributed by atoms with Crippen LogP contribution < -0.4 is 5.32 Å². The normalized spacial score (nSPS) is 13.2. The van der Waals surface area contributed by atoms with Gasteiger partial charge < -0.3 is 14.8 Å². The van der Waals surface area contributed by atoms with E-state index < -0.39 is 23.7 Å². The van der Waals surface area contributed by atoms with Crippen molar-refractivity contribution in [3.05, 3.63) is 89.2 Å². The molecule has 4 rings (SSSR count). The molecule has 3 aromatic rings. The highest BCUT2D eigenvalue weighted by Crippen LogP contribution is 2.44. The summed E-state index contributed by atoms with van der Waals surface area (Å²) in [4.78, 5) is 29.9. The Hall–Kier alpha value is -4.18. The van der Waals surface area contributed by atoms with Gasteiger partial charge in [0.15, 0.2) is 0 Å². The molecule has 0 unspecified atom stereocenters. The lowest BCUT2D eigenvalue weighted by Crippen LogP contribution is -2.46. The van der Waals surface area contributed by atoms with Crippen molar-refractivity contribution in [3.63, 3.8) is 0 Å². The van der Waals surface area contributed by atoms with E-state index in [1.165, 1.54) is 6.20 Å². The lowest BCUT2D eigenvalue weighted by atomic mass is 9.98. The highest BCUT2D eigenvalue weighted by Gasteiger charge is 2.31. The van der Waals surface area contributed by atoms with Crippen molar-refractivity contribution in [1.82, 2.24) is 10.3 Å². The third-order valence-electron chi connectivity index (χ3n) is 5.69. The molecule has 7 nitrogen and oxygen atoms in total. The Morgan fingerprint density at radius 1 is 1.06 bits per heavy atom. The molecule has 0 radical (unpaired) electrons. The topological polar surface area (TPSA) is 101 Å². The molecule has 0 spiro atoms. The smallest absolute Gasteiger partial charge is 0.407 e. The Kier molecular flexibility index (Phi) is 6.83. The summed E-state index contributed by atoms with van der Waals surface area (Å²) in [5, 5.41) is 11.8. The summed E-state index contributed by atoms with van der Waals surface area (Å²) in [5.74, 6) is -0.697. The summed E-state index contributed by atoms with van der Waals surface area (Å²) in [6.45, 7) is 5.39. The Morgan fingerprint density at radius 2 is 1.69 bits per heavy atom. The van der Waals surface area contributed by atoms with E-state index in [2.05, 4.69) is 22.4 Å². The molecule has 0 saturated heterocycles. The second kappa shape index (κ2) is 9.98. The SMILES string of the molecule is CC(C)(C)OC(=O)[C@H](Cc1cc(C#N)ccn1)NC(=O)OCC1c2ccccc2-c2ccccc21. The average Bonchev–Trinajstić information content (AvgIpc) is 3.15. The minimum Gasteiger partial charge on any atom is -0.458 e. The molecule has 1 aromatic heterocycles. The molecular formula is C28H27N3O4. The Bertz CT molecular complexity index is 1240. The summed E-state index contributed by atoms with van der Waals surface area (Å²) in [6, 6.07) is 20.3. The first-order valence-corrected chi connectivity index (χ1v) is 11.4. The molecule has 0 bridgehead atoms. The first-order valence-electron chi connectivity index (χ1n) is 11.4. The summed E-state index contributed by atoms with van der Waals surface area (Å²) in [6.07, 6.45) is 0.835. The average molecular weight is 470 g/mol. The Balaban J connectivity index is 1.48. The van der Waals surface area contributed by atoms with Crippen LogP contribution in [-0.2, 0) is 20.7 Å². The van der Waals surface area contributed by atoms with Crippen LogP contribution in [0.5, 0.6) is 0 Å². The number of amides is 1. The minimum atomic E-state index is -1.02. The number of rotatable bonds is 6. The first-order chi connectivity index (χ1) is 16.7. The van der Waals surface area contributed by atoms with Gasteiger partial charge >= 0.3 is 12.1 Å². The summed E-state index contributed by atoms with van der Waals surface area (Å²) in [5.41, 5.74) is 4.63. The number of hydrogen-bond donors (Lipinski definition) is 1. The lowest BCUT2D eigenvalue weighted by Gasteiger charge is -2.24. The van der Waals surface area contributed by atoms with Crippen LogP contribution in [0.3, 0.4) is 0 Å². The molecule has 1 heterocycles. The van der Waals surface area contributed by atoms with E-state index in [0.717, 1.165) is 22.3 Å². The third kappa shape index (κ3) is 5.67. The monoisotopic (exact) mass is 469 g/mol. The maximum atomic E-state index is 12.9. The van der Waals surface area contributed by atoms with Gasteiger partial charge in [0.25, 0.3) is 0 Å². The zero-order chi connectivity index (χ0) is 25.0. The van der Waals surface area contributed by atoms with Gasteiger partial charge in [-0.15, -0.1) is 0 Å². The zero-order valence-corrected chi connectivity index (χ0v) is 19.9. The number of nitrogens with one attached hydrogen (secondary N) is 1. The Labute approximate surface area is 204 Å². The maximum Gasteiger partial charge on any atom is 0.407 e. The van der Waals surface area contributed by atoms with E-state index in [1.807, 2.05) is 42.5 Å². The number of nitriles is 1. The van der Waals surface area contributed by atoms with Gasteiger partial charge in [-0.3, -0.25) is 4.98 Å². The van der Waals surface area contributed by atoms with Gasteiger partial charge in [-0.1, -0.05) is 48.5 Å². The number of esters is 1.